The summed E-state index contributed by atoms with van der Waals surface area (Å²) in [4.78, 5) is 8.66. The summed E-state index contributed by atoms with van der Waals surface area (Å²) in [7, 11) is 0. The van der Waals surface area contributed by atoms with Crippen LogP contribution in [0.15, 0.2) is 29.3 Å². The molecule has 0 radical (unpaired) electrons. The summed E-state index contributed by atoms with van der Waals surface area (Å²) >= 11 is 0. The maximum Gasteiger partial charge on any atom is 0.131 e. The van der Waals surface area contributed by atoms with E-state index >= 15 is 0 Å². The van der Waals surface area contributed by atoms with E-state index in [0.29, 0.717) is 24.6 Å². The summed E-state index contributed by atoms with van der Waals surface area (Å²) in [5, 5.41) is 13.5. The van der Waals surface area contributed by atoms with E-state index < -0.39 is 0 Å². The van der Waals surface area contributed by atoms with Crippen LogP contribution in [0.1, 0.15) is 17.7 Å². The first-order chi connectivity index (χ1) is 11.1. The third kappa shape index (κ3) is 2.72. The van der Waals surface area contributed by atoms with Crippen molar-refractivity contribution < 1.29 is 9.50 Å². The van der Waals surface area contributed by atoms with Gasteiger partial charge in [0, 0.05) is 41.0 Å². The van der Waals surface area contributed by atoms with Crippen LogP contribution in [0.25, 0.3) is 16.5 Å². The zero-order valence-corrected chi connectivity index (χ0v) is 12.9. The van der Waals surface area contributed by atoms with Gasteiger partial charge in [-0.05, 0) is 43.2 Å². The highest BCUT2D eigenvalue weighted by atomic mass is 19.1. The zero-order valence-electron chi connectivity index (χ0n) is 12.9. The molecule has 23 heavy (non-hydrogen) atoms. The lowest BCUT2D eigenvalue weighted by Crippen LogP contribution is -2.07. The molecule has 1 aliphatic carbocycles. The van der Waals surface area contributed by atoms with Crippen molar-refractivity contribution in [2.45, 2.75) is 19.4 Å². The molecule has 1 fully saturated rings. The minimum Gasteiger partial charge on any atom is -0.393 e. The van der Waals surface area contributed by atoms with Crippen LogP contribution in [0.2, 0.25) is 0 Å². The number of hydrogen-bond donors (Lipinski definition) is 2. The molecule has 118 valence electrons. The smallest absolute Gasteiger partial charge is 0.131 e. The van der Waals surface area contributed by atoms with Crippen molar-refractivity contribution in [3.05, 3.63) is 41.3 Å². The Hall–Kier alpha value is -2.27. The number of aliphatic hydroxyl groups is 1. The maximum atomic E-state index is 14.5. The summed E-state index contributed by atoms with van der Waals surface area (Å²) in [5.74, 6) is 0.0397. The van der Waals surface area contributed by atoms with Crippen LogP contribution in [0.4, 0.5) is 10.1 Å². The van der Waals surface area contributed by atoms with Crippen LogP contribution in [-0.4, -0.2) is 35.5 Å². The van der Waals surface area contributed by atoms with E-state index in [1.807, 2.05) is 19.1 Å². The van der Waals surface area contributed by atoms with Crippen LogP contribution in [0.3, 0.4) is 0 Å². The first-order valence-corrected chi connectivity index (χ1v) is 7.84. The molecule has 1 aliphatic heterocycles. The average Bonchev–Trinajstić information content (AvgIpc) is 3.00. The quantitative estimate of drug-likeness (QED) is 0.913. The van der Waals surface area contributed by atoms with Gasteiger partial charge in [-0.1, -0.05) is 0 Å². The number of pyridine rings is 1. The fourth-order valence-corrected chi connectivity index (χ4v) is 2.98. The minimum absolute atomic E-state index is 0.200. The Kier molecular flexibility index (Phi) is 3.38. The fourth-order valence-electron chi connectivity index (χ4n) is 2.98. The Morgan fingerprint density at radius 1 is 1.35 bits per heavy atom. The molecule has 1 aromatic carbocycles. The van der Waals surface area contributed by atoms with Gasteiger partial charge in [0.2, 0.25) is 0 Å². The van der Waals surface area contributed by atoms with Crippen molar-refractivity contribution in [3.8, 4) is 0 Å². The molecule has 0 saturated heterocycles. The van der Waals surface area contributed by atoms with Crippen LogP contribution in [0.5, 0.6) is 0 Å². The third-order valence-electron chi connectivity index (χ3n) is 4.45. The molecule has 4 nitrogen and oxygen atoms in total. The number of aromatic nitrogens is 1. The monoisotopic (exact) mass is 311 g/mol. The third-order valence-corrected chi connectivity index (χ3v) is 4.45. The van der Waals surface area contributed by atoms with E-state index in [4.69, 9.17) is 0 Å². The Morgan fingerprint density at radius 3 is 2.87 bits per heavy atom. The molecule has 1 aromatic heterocycles. The Bertz CT molecular complexity index is 844. The lowest BCUT2D eigenvalue weighted by molar-refractivity contribution is 0.262. The van der Waals surface area contributed by atoms with Crippen molar-refractivity contribution in [1.29, 1.82) is 0 Å². The number of aliphatic imine (C=N–C) groups is 1. The first-order valence-electron chi connectivity index (χ1n) is 7.84. The predicted octanol–water partition coefficient (Wildman–Crippen LogP) is 2.94. The van der Waals surface area contributed by atoms with Gasteiger partial charge in [-0.3, -0.25) is 9.98 Å². The number of benzene rings is 1. The Balaban J connectivity index is 1.73. The topological polar surface area (TPSA) is 57.5 Å². The Labute approximate surface area is 133 Å². The number of aryl methyl sites for hydroxylation is 1. The van der Waals surface area contributed by atoms with Gasteiger partial charge in [-0.25, -0.2) is 4.39 Å². The molecule has 4 rings (SSSR count). The molecule has 0 amide bonds. The molecule has 2 unspecified atom stereocenters. The Morgan fingerprint density at radius 2 is 2.17 bits per heavy atom. The van der Waals surface area contributed by atoms with Gasteiger partial charge in [0.1, 0.15) is 5.82 Å². The highest BCUT2D eigenvalue weighted by Gasteiger charge is 2.34. The van der Waals surface area contributed by atoms with Crippen molar-refractivity contribution in [2.75, 3.05) is 18.4 Å². The molecule has 2 heterocycles. The van der Waals surface area contributed by atoms with Crippen molar-refractivity contribution in [3.63, 3.8) is 0 Å². The van der Waals surface area contributed by atoms with E-state index in [-0.39, 0.29) is 11.9 Å². The normalized spacial score (nSPS) is 22.5. The number of hydrogen-bond acceptors (Lipinski definition) is 4. The van der Waals surface area contributed by atoms with E-state index in [1.54, 1.807) is 18.3 Å². The van der Waals surface area contributed by atoms with Gasteiger partial charge in [0.25, 0.3) is 0 Å². The summed E-state index contributed by atoms with van der Waals surface area (Å²) in [6.45, 7) is 3.14. The zero-order chi connectivity index (χ0) is 16.0. The molecule has 2 aliphatic rings. The number of anilines is 1. The highest BCUT2D eigenvalue weighted by molar-refractivity contribution is 5.96. The number of nitrogens with zero attached hydrogens (tertiary/aromatic N) is 2. The average molecular weight is 311 g/mol. The maximum absolute atomic E-state index is 14.5. The van der Waals surface area contributed by atoms with Crippen molar-refractivity contribution >= 4 is 28.4 Å². The van der Waals surface area contributed by atoms with Crippen LogP contribution < -0.4 is 5.32 Å². The van der Waals surface area contributed by atoms with Gasteiger partial charge in [-0.15, -0.1) is 0 Å². The largest absolute Gasteiger partial charge is 0.393 e. The lowest BCUT2D eigenvalue weighted by Gasteiger charge is -2.13. The van der Waals surface area contributed by atoms with Gasteiger partial charge >= 0.3 is 0 Å². The standard InChI is InChI=1S/C18H18FN3O/c1-10-4-16(21-9-12-5-18(12)23)14-6-15(19)13(7-17(14)22-10)11-2-3-20-8-11/h2-4,6-7,12,18,23H,5,8-9H2,1H3,(H,21,22). The molecule has 2 aromatic rings. The molecule has 2 atom stereocenters. The van der Waals surface area contributed by atoms with Crippen molar-refractivity contribution in [2.24, 2.45) is 10.9 Å². The van der Waals surface area contributed by atoms with Gasteiger partial charge < -0.3 is 10.4 Å². The second-order valence-electron chi connectivity index (χ2n) is 6.29. The molecular formula is C18H18FN3O. The molecule has 0 spiro atoms. The molecule has 1 saturated carbocycles. The van der Waals surface area contributed by atoms with Gasteiger partial charge in [0.05, 0.1) is 18.2 Å². The summed E-state index contributed by atoms with van der Waals surface area (Å²) in [6, 6.07) is 5.27. The second kappa shape index (κ2) is 5.42. The predicted molar refractivity (Wildman–Crippen MR) is 90.4 cm³/mol. The molecule has 2 N–H and O–H groups in total. The number of halogens is 1. The van der Waals surface area contributed by atoms with Gasteiger partial charge in [0.15, 0.2) is 0 Å². The minimum atomic E-state index is -0.255. The molecule has 5 heteroatoms. The van der Waals surface area contributed by atoms with Crippen LogP contribution in [-0.2, 0) is 0 Å². The van der Waals surface area contributed by atoms with Gasteiger partial charge in [-0.2, -0.15) is 0 Å². The SMILES string of the molecule is Cc1cc(NCC2CC2O)c2cc(F)c(C3=CC=NC3)cc2n1. The lowest BCUT2D eigenvalue weighted by atomic mass is 10.0. The van der Waals surface area contributed by atoms with Crippen molar-refractivity contribution in [1.82, 2.24) is 4.98 Å². The van der Waals surface area contributed by atoms with E-state index in [2.05, 4.69) is 15.3 Å². The number of rotatable bonds is 4. The summed E-state index contributed by atoms with van der Waals surface area (Å²) in [5.41, 5.74) is 3.97. The van der Waals surface area contributed by atoms with Crippen LogP contribution in [0, 0.1) is 18.7 Å². The number of aliphatic hydroxyl groups excluding tert-OH is 1. The second-order valence-corrected chi connectivity index (χ2v) is 6.29. The molecule has 0 bridgehead atoms. The van der Waals surface area contributed by atoms with E-state index in [9.17, 15) is 9.50 Å². The highest BCUT2D eigenvalue weighted by Crippen LogP contribution is 2.33. The fraction of sp³-hybridized carbons (Fsp3) is 0.333. The van der Waals surface area contributed by atoms with Crippen LogP contribution >= 0.6 is 0 Å². The number of allylic oxidation sites excluding steroid dienone is 1. The number of fused-ring (bicyclic) bond motifs is 1. The molecular weight excluding hydrogens is 293 g/mol. The summed E-state index contributed by atoms with van der Waals surface area (Å²) < 4.78 is 14.5. The van der Waals surface area contributed by atoms with E-state index in [0.717, 1.165) is 34.3 Å². The van der Waals surface area contributed by atoms with E-state index in [1.165, 1.54) is 0 Å². The number of nitrogens with one attached hydrogen (secondary N) is 1. The first kappa shape index (κ1) is 14.3. The summed E-state index contributed by atoms with van der Waals surface area (Å²) in [6.07, 6.45) is 4.18.